The van der Waals surface area contributed by atoms with E-state index in [4.69, 9.17) is 4.74 Å². The van der Waals surface area contributed by atoms with Crippen molar-refractivity contribution in [3.8, 4) is 5.75 Å². The van der Waals surface area contributed by atoms with Crippen LogP contribution in [0.5, 0.6) is 5.75 Å². The van der Waals surface area contributed by atoms with E-state index in [1.165, 1.54) is 12.1 Å². The number of benzene rings is 1. The highest BCUT2D eigenvalue weighted by molar-refractivity contribution is 8.04. The summed E-state index contributed by atoms with van der Waals surface area (Å²) in [5.41, 5.74) is 1.61. The Balaban J connectivity index is 1.82. The van der Waals surface area contributed by atoms with Gasteiger partial charge in [-0.05, 0) is 47.4 Å². The maximum Gasteiger partial charge on any atom is 0.190 e. The Morgan fingerprint density at radius 2 is 1.88 bits per heavy atom. The molecule has 1 saturated carbocycles. The third-order valence-electron chi connectivity index (χ3n) is 2.99. The lowest BCUT2D eigenvalue weighted by molar-refractivity contribution is 0.270. The number of ether oxygens (including phenoxy) is 1. The number of hydrogen-bond donors (Lipinski definition) is 0. The molecule has 17 heavy (non-hydrogen) atoms. The van der Waals surface area contributed by atoms with Crippen LogP contribution in [0.15, 0.2) is 17.5 Å². The van der Waals surface area contributed by atoms with Crippen molar-refractivity contribution in [2.45, 2.75) is 12.8 Å². The number of hydrogen-bond acceptors (Lipinski definition) is 2. The summed E-state index contributed by atoms with van der Waals surface area (Å²) in [6, 6.07) is 2.72. The molecule has 0 unspecified atom stereocenters. The topological polar surface area (TPSA) is 9.23 Å². The SMILES string of the molecule is Fc1cc(C2=CSC2)cc(F)c1OCC1CC1. The lowest BCUT2D eigenvalue weighted by Crippen LogP contribution is -2.04. The van der Waals surface area contributed by atoms with E-state index in [1.807, 2.05) is 5.41 Å². The largest absolute Gasteiger partial charge is 0.487 e. The molecule has 2 aliphatic rings. The van der Waals surface area contributed by atoms with Gasteiger partial charge < -0.3 is 4.74 Å². The van der Waals surface area contributed by atoms with Crippen molar-refractivity contribution in [2.24, 2.45) is 5.92 Å². The van der Waals surface area contributed by atoms with Gasteiger partial charge in [0.05, 0.1) is 6.61 Å². The maximum absolute atomic E-state index is 13.7. The molecule has 4 heteroatoms. The first kappa shape index (κ1) is 11.1. The lowest BCUT2D eigenvalue weighted by Gasteiger charge is -2.15. The Morgan fingerprint density at radius 1 is 1.24 bits per heavy atom. The van der Waals surface area contributed by atoms with Crippen LogP contribution in [-0.4, -0.2) is 12.4 Å². The molecule has 0 amide bonds. The number of rotatable bonds is 4. The van der Waals surface area contributed by atoms with Crippen LogP contribution in [0.1, 0.15) is 18.4 Å². The van der Waals surface area contributed by atoms with Gasteiger partial charge in [-0.15, -0.1) is 11.8 Å². The van der Waals surface area contributed by atoms with Crippen molar-refractivity contribution in [1.82, 2.24) is 0 Å². The van der Waals surface area contributed by atoms with Gasteiger partial charge in [0.1, 0.15) is 0 Å². The highest BCUT2D eigenvalue weighted by atomic mass is 32.2. The summed E-state index contributed by atoms with van der Waals surface area (Å²) < 4.78 is 32.6. The molecule has 1 aromatic rings. The van der Waals surface area contributed by atoms with Crippen LogP contribution >= 0.6 is 11.8 Å². The second kappa shape index (κ2) is 4.33. The molecular weight excluding hydrogens is 242 g/mol. The molecule has 1 heterocycles. The van der Waals surface area contributed by atoms with Crippen LogP contribution in [0.4, 0.5) is 8.78 Å². The van der Waals surface area contributed by atoms with Gasteiger partial charge >= 0.3 is 0 Å². The predicted molar refractivity (Wildman–Crippen MR) is 65.0 cm³/mol. The van der Waals surface area contributed by atoms with Crippen molar-refractivity contribution in [2.75, 3.05) is 12.4 Å². The van der Waals surface area contributed by atoms with Crippen molar-refractivity contribution in [1.29, 1.82) is 0 Å². The fourth-order valence-electron chi connectivity index (χ4n) is 1.69. The Bertz CT molecular complexity index is 457. The van der Waals surface area contributed by atoms with E-state index >= 15 is 0 Å². The van der Waals surface area contributed by atoms with Gasteiger partial charge in [0.15, 0.2) is 17.4 Å². The smallest absolute Gasteiger partial charge is 0.190 e. The molecule has 0 atom stereocenters. The first-order chi connectivity index (χ1) is 8.24. The molecule has 0 bridgehead atoms. The molecule has 1 fully saturated rings. The van der Waals surface area contributed by atoms with E-state index in [2.05, 4.69) is 0 Å². The molecule has 0 N–H and O–H groups in total. The fraction of sp³-hybridized carbons (Fsp3) is 0.385. The molecule has 0 spiro atoms. The van der Waals surface area contributed by atoms with Crippen molar-refractivity contribution >= 4 is 17.3 Å². The van der Waals surface area contributed by atoms with Gasteiger partial charge in [0.25, 0.3) is 0 Å². The standard InChI is InChI=1S/C13H12F2OS/c14-11-3-9(10-6-17-7-10)4-12(15)13(11)16-5-8-1-2-8/h3-4,6,8H,1-2,5,7H2. The van der Waals surface area contributed by atoms with Gasteiger partial charge in [0.2, 0.25) is 0 Å². The van der Waals surface area contributed by atoms with Crippen molar-refractivity contribution in [3.63, 3.8) is 0 Å². The molecule has 0 radical (unpaired) electrons. The molecule has 1 aromatic carbocycles. The highest BCUT2D eigenvalue weighted by Gasteiger charge is 2.24. The minimum absolute atomic E-state index is 0.228. The Kier molecular flexibility index (Phi) is 2.82. The summed E-state index contributed by atoms with van der Waals surface area (Å²) >= 11 is 1.64. The molecule has 90 valence electrons. The van der Waals surface area contributed by atoms with E-state index in [0.29, 0.717) is 18.1 Å². The van der Waals surface area contributed by atoms with Crippen LogP contribution in [-0.2, 0) is 0 Å². The van der Waals surface area contributed by atoms with Gasteiger partial charge in [-0.1, -0.05) is 0 Å². The molecule has 1 aliphatic heterocycles. The van der Waals surface area contributed by atoms with Crippen LogP contribution in [0.25, 0.3) is 5.57 Å². The maximum atomic E-state index is 13.7. The Morgan fingerprint density at radius 3 is 2.35 bits per heavy atom. The normalized spacial score (nSPS) is 18.6. The lowest BCUT2D eigenvalue weighted by atomic mass is 10.1. The first-order valence-corrected chi connectivity index (χ1v) is 6.72. The minimum atomic E-state index is -0.599. The highest BCUT2D eigenvalue weighted by Crippen LogP contribution is 2.35. The van der Waals surface area contributed by atoms with Crippen LogP contribution in [0, 0.1) is 17.6 Å². The van der Waals surface area contributed by atoms with Gasteiger partial charge in [0, 0.05) is 5.75 Å². The third kappa shape index (κ3) is 2.32. The second-order valence-electron chi connectivity index (χ2n) is 4.48. The minimum Gasteiger partial charge on any atom is -0.487 e. The molecule has 0 saturated heterocycles. The average Bonchev–Trinajstić information content (AvgIpc) is 2.97. The zero-order chi connectivity index (χ0) is 11.8. The fourth-order valence-corrected chi connectivity index (χ4v) is 2.32. The van der Waals surface area contributed by atoms with Crippen molar-refractivity contribution in [3.05, 3.63) is 34.7 Å². The quantitative estimate of drug-likeness (QED) is 0.807. The zero-order valence-corrected chi connectivity index (χ0v) is 10.0. The average molecular weight is 254 g/mol. The van der Waals surface area contributed by atoms with Crippen molar-refractivity contribution < 1.29 is 13.5 Å². The van der Waals surface area contributed by atoms with E-state index in [0.717, 1.165) is 24.2 Å². The van der Waals surface area contributed by atoms with Crippen LogP contribution in [0.2, 0.25) is 0 Å². The molecule has 1 aliphatic carbocycles. The Hall–Kier alpha value is -1.03. The van der Waals surface area contributed by atoms with Gasteiger partial charge in [-0.3, -0.25) is 0 Å². The van der Waals surface area contributed by atoms with Gasteiger partial charge in [-0.2, -0.15) is 0 Å². The summed E-state index contributed by atoms with van der Waals surface area (Å²) in [5.74, 6) is -0.120. The first-order valence-electron chi connectivity index (χ1n) is 5.67. The molecular formula is C13H12F2OS. The summed E-state index contributed by atoms with van der Waals surface area (Å²) in [4.78, 5) is 0. The van der Waals surface area contributed by atoms with E-state index < -0.39 is 11.6 Å². The second-order valence-corrected chi connectivity index (χ2v) is 5.34. The summed E-state index contributed by atoms with van der Waals surface area (Å²) in [6.07, 6.45) is 2.21. The Labute approximate surface area is 103 Å². The van der Waals surface area contributed by atoms with E-state index in [-0.39, 0.29) is 5.75 Å². The van der Waals surface area contributed by atoms with E-state index in [1.54, 1.807) is 11.8 Å². The predicted octanol–water partition coefficient (Wildman–Crippen LogP) is 3.84. The monoisotopic (exact) mass is 254 g/mol. The van der Waals surface area contributed by atoms with Gasteiger partial charge in [-0.25, -0.2) is 8.78 Å². The summed E-state index contributed by atoms with van der Waals surface area (Å²) in [7, 11) is 0. The van der Waals surface area contributed by atoms with Crippen LogP contribution in [0.3, 0.4) is 0 Å². The summed E-state index contributed by atoms with van der Waals surface area (Å²) in [5, 5.41) is 1.92. The molecule has 1 nitrogen and oxygen atoms in total. The number of thioether (sulfide) groups is 1. The molecule has 3 rings (SSSR count). The number of halogens is 2. The summed E-state index contributed by atoms with van der Waals surface area (Å²) in [6.45, 7) is 0.422. The third-order valence-corrected chi connectivity index (χ3v) is 3.92. The zero-order valence-electron chi connectivity index (χ0n) is 9.21. The van der Waals surface area contributed by atoms with E-state index in [9.17, 15) is 8.78 Å². The molecule has 0 aromatic heterocycles. The van der Waals surface area contributed by atoms with Crippen LogP contribution < -0.4 is 4.74 Å².